The van der Waals surface area contributed by atoms with Crippen molar-refractivity contribution in [2.45, 2.75) is 46.1 Å². The first-order chi connectivity index (χ1) is 9.40. The van der Waals surface area contributed by atoms with Crippen LogP contribution in [-0.2, 0) is 9.09 Å². The first-order valence-corrected chi connectivity index (χ1v) is 9.79. The van der Waals surface area contributed by atoms with Crippen molar-refractivity contribution in [1.29, 1.82) is 0 Å². The van der Waals surface area contributed by atoms with E-state index >= 15 is 0 Å². The number of hydrogen-bond donors (Lipinski definition) is 0. The third-order valence-corrected chi connectivity index (χ3v) is 6.43. The number of benzene rings is 1. The van der Waals surface area contributed by atoms with Gasteiger partial charge in [0.2, 0.25) is 7.37 Å². The molecule has 0 radical (unpaired) electrons. The molecule has 1 aliphatic rings. The highest BCUT2D eigenvalue weighted by molar-refractivity contribution is 7.66. The zero-order valence-corrected chi connectivity index (χ0v) is 14.0. The molecule has 2 nitrogen and oxygen atoms in total. The summed E-state index contributed by atoms with van der Waals surface area (Å²) in [5, 5.41) is 0.834. The maximum absolute atomic E-state index is 12.9. The molecule has 20 heavy (non-hydrogen) atoms. The van der Waals surface area contributed by atoms with E-state index in [0.717, 1.165) is 11.7 Å². The fourth-order valence-corrected chi connectivity index (χ4v) is 4.85. The van der Waals surface area contributed by atoms with Crippen LogP contribution in [0.25, 0.3) is 0 Å². The van der Waals surface area contributed by atoms with Crippen LogP contribution in [0.5, 0.6) is 0 Å². The molecule has 2 rings (SSSR count). The predicted octanol–water partition coefficient (Wildman–Crippen LogP) is 4.70. The lowest BCUT2D eigenvalue weighted by molar-refractivity contribution is 0.0506. The molecule has 1 aromatic carbocycles. The Labute approximate surface area is 123 Å². The highest BCUT2D eigenvalue weighted by Crippen LogP contribution is 2.48. The first-order valence-electron chi connectivity index (χ1n) is 7.71. The fourth-order valence-electron chi connectivity index (χ4n) is 3.25. The summed E-state index contributed by atoms with van der Waals surface area (Å²) in [4.78, 5) is 0. The Bertz CT molecular complexity index is 469. The van der Waals surface area contributed by atoms with Crippen LogP contribution < -0.4 is 5.30 Å². The van der Waals surface area contributed by atoms with Gasteiger partial charge >= 0.3 is 0 Å². The Morgan fingerprint density at radius 1 is 1.20 bits per heavy atom. The molecule has 1 fully saturated rings. The van der Waals surface area contributed by atoms with Gasteiger partial charge in [-0.3, -0.25) is 4.57 Å². The van der Waals surface area contributed by atoms with Crippen LogP contribution in [0.4, 0.5) is 0 Å². The quantitative estimate of drug-likeness (QED) is 0.753. The molecule has 112 valence electrons. The Hall–Kier alpha value is -0.590. The summed E-state index contributed by atoms with van der Waals surface area (Å²) in [7, 11) is -2.72. The standard InChI is InChI=1S/C17H27O2P/c1-13(2)16-11-10-14(3)12-17(16)19-20(4,18)15-8-6-5-7-9-15/h5-9,13-14,16-17H,10-12H2,1-4H3/t14-,16-,17+,20+/m1/s1. The summed E-state index contributed by atoms with van der Waals surface area (Å²) in [5.41, 5.74) is 0. The van der Waals surface area contributed by atoms with Crippen LogP contribution in [0.1, 0.15) is 40.0 Å². The lowest BCUT2D eigenvalue weighted by Gasteiger charge is -2.38. The van der Waals surface area contributed by atoms with E-state index in [1.165, 1.54) is 12.8 Å². The minimum absolute atomic E-state index is 0.134. The largest absolute Gasteiger partial charge is 0.322 e. The summed E-state index contributed by atoms with van der Waals surface area (Å²) in [6, 6.07) is 9.63. The van der Waals surface area contributed by atoms with Crippen LogP contribution in [0.2, 0.25) is 0 Å². The van der Waals surface area contributed by atoms with E-state index in [0.29, 0.717) is 17.8 Å². The second kappa shape index (κ2) is 6.45. The summed E-state index contributed by atoms with van der Waals surface area (Å²) < 4.78 is 19.1. The van der Waals surface area contributed by atoms with Crippen molar-refractivity contribution in [1.82, 2.24) is 0 Å². The van der Waals surface area contributed by atoms with Crippen molar-refractivity contribution >= 4 is 12.7 Å². The average molecular weight is 294 g/mol. The predicted molar refractivity (Wildman–Crippen MR) is 85.8 cm³/mol. The van der Waals surface area contributed by atoms with Gasteiger partial charge in [0.25, 0.3) is 0 Å². The van der Waals surface area contributed by atoms with Crippen LogP contribution in [-0.4, -0.2) is 12.8 Å². The number of rotatable bonds is 4. The molecule has 4 atom stereocenters. The maximum atomic E-state index is 12.9. The minimum atomic E-state index is -2.72. The van der Waals surface area contributed by atoms with Gasteiger partial charge in [0, 0.05) is 12.0 Å². The molecule has 0 unspecified atom stereocenters. The van der Waals surface area contributed by atoms with Gasteiger partial charge in [0.1, 0.15) is 0 Å². The molecule has 0 spiro atoms. The molecule has 0 saturated heterocycles. The average Bonchev–Trinajstić information content (AvgIpc) is 2.39. The highest BCUT2D eigenvalue weighted by atomic mass is 31.2. The fraction of sp³-hybridized carbons (Fsp3) is 0.647. The van der Waals surface area contributed by atoms with Crippen LogP contribution in [0.15, 0.2) is 30.3 Å². The maximum Gasteiger partial charge on any atom is 0.229 e. The molecule has 1 aromatic rings. The molecular weight excluding hydrogens is 267 g/mol. The van der Waals surface area contributed by atoms with Crippen molar-refractivity contribution in [3.05, 3.63) is 30.3 Å². The van der Waals surface area contributed by atoms with Crippen LogP contribution in [0.3, 0.4) is 0 Å². The Balaban J connectivity index is 2.15. The molecular formula is C17H27O2P. The molecule has 0 N–H and O–H groups in total. The second-order valence-corrected chi connectivity index (χ2v) is 9.07. The van der Waals surface area contributed by atoms with Crippen molar-refractivity contribution in [3.8, 4) is 0 Å². The molecule has 0 aliphatic heterocycles. The van der Waals surface area contributed by atoms with E-state index in [2.05, 4.69) is 20.8 Å². The third-order valence-electron chi connectivity index (χ3n) is 4.52. The van der Waals surface area contributed by atoms with Crippen molar-refractivity contribution in [3.63, 3.8) is 0 Å². The van der Waals surface area contributed by atoms with E-state index < -0.39 is 7.37 Å². The van der Waals surface area contributed by atoms with Crippen molar-refractivity contribution in [2.75, 3.05) is 6.66 Å². The molecule has 0 bridgehead atoms. The monoisotopic (exact) mass is 294 g/mol. The van der Waals surface area contributed by atoms with E-state index in [1.54, 1.807) is 6.66 Å². The van der Waals surface area contributed by atoms with Gasteiger partial charge in [-0.25, -0.2) is 0 Å². The zero-order valence-electron chi connectivity index (χ0n) is 13.1. The normalized spacial score (nSPS) is 30.1. The molecule has 0 heterocycles. The topological polar surface area (TPSA) is 26.3 Å². The summed E-state index contributed by atoms with van der Waals surface area (Å²) >= 11 is 0. The van der Waals surface area contributed by atoms with Crippen LogP contribution >= 0.6 is 7.37 Å². The minimum Gasteiger partial charge on any atom is -0.322 e. The molecule has 1 saturated carbocycles. The van der Waals surface area contributed by atoms with Gasteiger partial charge in [0.15, 0.2) is 0 Å². The first kappa shape index (κ1) is 15.8. The highest BCUT2D eigenvalue weighted by Gasteiger charge is 2.35. The number of hydrogen-bond acceptors (Lipinski definition) is 2. The third kappa shape index (κ3) is 3.74. The molecule has 0 amide bonds. The van der Waals surface area contributed by atoms with E-state index in [9.17, 15) is 4.57 Å². The smallest absolute Gasteiger partial charge is 0.229 e. The van der Waals surface area contributed by atoms with Gasteiger partial charge in [-0.1, -0.05) is 45.4 Å². The van der Waals surface area contributed by atoms with E-state index in [4.69, 9.17) is 4.52 Å². The summed E-state index contributed by atoms with van der Waals surface area (Å²) in [6.45, 7) is 8.54. The molecule has 1 aliphatic carbocycles. The summed E-state index contributed by atoms with van der Waals surface area (Å²) in [6.07, 6.45) is 3.63. The van der Waals surface area contributed by atoms with E-state index in [-0.39, 0.29) is 6.10 Å². The van der Waals surface area contributed by atoms with Gasteiger partial charge in [-0.05, 0) is 42.7 Å². The van der Waals surface area contributed by atoms with Crippen LogP contribution in [0, 0.1) is 17.8 Å². The Morgan fingerprint density at radius 2 is 1.85 bits per heavy atom. The van der Waals surface area contributed by atoms with Gasteiger partial charge in [0.05, 0.1) is 6.10 Å². The molecule has 3 heteroatoms. The summed E-state index contributed by atoms with van der Waals surface area (Å²) in [5.74, 6) is 1.79. The van der Waals surface area contributed by atoms with E-state index in [1.807, 2.05) is 30.3 Å². The van der Waals surface area contributed by atoms with Gasteiger partial charge < -0.3 is 4.52 Å². The zero-order chi connectivity index (χ0) is 14.8. The SMILES string of the molecule is CC(C)[C@H]1CC[C@@H](C)C[C@@H]1O[P@](C)(=O)c1ccccc1. The van der Waals surface area contributed by atoms with Crippen molar-refractivity contribution in [2.24, 2.45) is 17.8 Å². The van der Waals surface area contributed by atoms with Crippen molar-refractivity contribution < 1.29 is 9.09 Å². The van der Waals surface area contributed by atoms with Gasteiger partial charge in [-0.15, -0.1) is 0 Å². The lowest BCUT2D eigenvalue weighted by Crippen LogP contribution is -2.34. The Morgan fingerprint density at radius 3 is 2.45 bits per heavy atom. The molecule has 0 aromatic heterocycles. The second-order valence-electron chi connectivity index (χ2n) is 6.65. The van der Waals surface area contributed by atoms with Gasteiger partial charge in [-0.2, -0.15) is 0 Å². The lowest BCUT2D eigenvalue weighted by atomic mass is 9.75. The Kier molecular flexibility index (Phi) is 5.09.